The van der Waals surface area contributed by atoms with Crippen molar-refractivity contribution in [1.29, 1.82) is 0 Å². The van der Waals surface area contributed by atoms with Crippen LogP contribution in [-0.4, -0.2) is 32.8 Å². The lowest BCUT2D eigenvalue weighted by Gasteiger charge is -2.26. The van der Waals surface area contributed by atoms with E-state index in [1.807, 2.05) is 0 Å². The molecule has 1 fully saturated rings. The molecule has 3 heteroatoms. The van der Waals surface area contributed by atoms with Crippen molar-refractivity contribution in [3.8, 4) is 0 Å². The van der Waals surface area contributed by atoms with Crippen molar-refractivity contribution in [3.63, 3.8) is 0 Å². The molecule has 0 saturated carbocycles. The fraction of sp³-hybridized carbons (Fsp3) is 0.571. The first-order valence-corrected chi connectivity index (χ1v) is 6.28. The summed E-state index contributed by atoms with van der Waals surface area (Å²) in [4.78, 5) is 2.23. The molecule has 1 heterocycles. The van der Waals surface area contributed by atoms with Gasteiger partial charge in [-0.3, -0.25) is 0 Å². The van der Waals surface area contributed by atoms with Gasteiger partial charge in [0.2, 0.25) is 0 Å². The molecule has 0 spiro atoms. The van der Waals surface area contributed by atoms with Gasteiger partial charge in [-0.05, 0) is 31.0 Å². The minimum absolute atomic E-state index is 0.197. The van der Waals surface area contributed by atoms with Crippen LogP contribution in [0.25, 0.3) is 0 Å². The lowest BCUT2D eigenvalue weighted by atomic mass is 9.99. The Kier molecular flexibility index (Phi) is 4.02. The van der Waals surface area contributed by atoms with Crippen LogP contribution < -0.4 is 10.6 Å². The second kappa shape index (κ2) is 5.52. The number of hydrogen-bond acceptors (Lipinski definition) is 3. The number of benzene rings is 1. The summed E-state index contributed by atoms with van der Waals surface area (Å²) in [5, 5.41) is 0. The maximum Gasteiger partial charge on any atom is 0.0510 e. The fourth-order valence-corrected chi connectivity index (χ4v) is 2.33. The van der Waals surface area contributed by atoms with Crippen molar-refractivity contribution in [2.45, 2.75) is 19.4 Å². The van der Waals surface area contributed by atoms with E-state index in [9.17, 15) is 0 Å². The first-order chi connectivity index (χ1) is 8.16. The molecule has 0 amide bonds. The fourth-order valence-electron chi connectivity index (χ4n) is 2.33. The van der Waals surface area contributed by atoms with E-state index in [2.05, 4.69) is 43.1 Å². The van der Waals surface area contributed by atoms with Crippen LogP contribution >= 0.6 is 0 Å². The van der Waals surface area contributed by atoms with Crippen molar-refractivity contribution < 1.29 is 4.74 Å². The molecule has 3 nitrogen and oxygen atoms in total. The molecule has 0 bridgehead atoms. The third-order valence-electron chi connectivity index (χ3n) is 3.50. The highest BCUT2D eigenvalue weighted by Gasteiger charge is 2.23. The second-order valence-electron chi connectivity index (χ2n) is 5.01. The molecule has 17 heavy (non-hydrogen) atoms. The molecule has 0 radical (unpaired) electrons. The summed E-state index contributed by atoms with van der Waals surface area (Å²) in [5.41, 5.74) is 8.75. The highest BCUT2D eigenvalue weighted by atomic mass is 16.5. The zero-order chi connectivity index (χ0) is 12.3. The van der Waals surface area contributed by atoms with Crippen LogP contribution in [0.2, 0.25) is 0 Å². The quantitative estimate of drug-likeness (QED) is 0.863. The summed E-state index contributed by atoms with van der Waals surface area (Å²) >= 11 is 0. The molecule has 2 atom stereocenters. The van der Waals surface area contributed by atoms with E-state index in [0.29, 0.717) is 5.92 Å². The first kappa shape index (κ1) is 12.4. The van der Waals surface area contributed by atoms with Crippen LogP contribution in [0.4, 0.5) is 5.69 Å². The van der Waals surface area contributed by atoms with E-state index in [1.165, 1.54) is 11.3 Å². The Hall–Kier alpha value is -1.06. The summed E-state index contributed by atoms with van der Waals surface area (Å²) in [6, 6.07) is 8.72. The Morgan fingerprint density at radius 2 is 2.35 bits per heavy atom. The second-order valence-corrected chi connectivity index (χ2v) is 5.01. The number of nitrogens with zero attached hydrogens (tertiary/aromatic N) is 1. The van der Waals surface area contributed by atoms with Gasteiger partial charge in [0.05, 0.1) is 6.61 Å². The highest BCUT2D eigenvalue weighted by Crippen LogP contribution is 2.19. The average molecular weight is 234 g/mol. The van der Waals surface area contributed by atoms with Gasteiger partial charge < -0.3 is 15.4 Å². The van der Waals surface area contributed by atoms with Crippen LogP contribution in [-0.2, 0) is 4.74 Å². The lowest BCUT2D eigenvalue weighted by Crippen LogP contribution is -2.41. The summed E-state index contributed by atoms with van der Waals surface area (Å²) in [6.45, 7) is 4.69. The number of hydrogen-bond donors (Lipinski definition) is 1. The van der Waals surface area contributed by atoms with E-state index < -0.39 is 0 Å². The molecule has 94 valence electrons. The zero-order valence-electron chi connectivity index (χ0n) is 10.7. The third kappa shape index (κ3) is 3.20. The molecule has 1 aliphatic heterocycles. The predicted octanol–water partition coefficient (Wildman–Crippen LogP) is 1.80. The van der Waals surface area contributed by atoms with Gasteiger partial charge in [-0.1, -0.05) is 12.1 Å². The van der Waals surface area contributed by atoms with Crippen molar-refractivity contribution in [2.75, 3.05) is 31.7 Å². The van der Waals surface area contributed by atoms with Crippen molar-refractivity contribution >= 4 is 5.69 Å². The molecule has 1 aromatic rings. The Labute approximate surface area is 104 Å². The van der Waals surface area contributed by atoms with Gasteiger partial charge in [-0.15, -0.1) is 0 Å². The minimum atomic E-state index is 0.197. The minimum Gasteiger partial charge on any atom is -0.381 e. The highest BCUT2D eigenvalue weighted by molar-refractivity contribution is 5.47. The molecule has 2 N–H and O–H groups in total. The standard InChI is InChI=1S/C14H22N2O/c1-11-4-3-5-13(8-11)16(2)9-14(15)12-6-7-17-10-12/h3-5,8,12,14H,6-7,9-10,15H2,1-2H3. The van der Waals surface area contributed by atoms with E-state index in [-0.39, 0.29) is 6.04 Å². The SMILES string of the molecule is Cc1cccc(N(C)CC(N)C2CCOC2)c1. The largest absolute Gasteiger partial charge is 0.381 e. The third-order valence-corrected chi connectivity index (χ3v) is 3.50. The summed E-state index contributed by atoms with van der Waals surface area (Å²) < 4.78 is 5.39. The van der Waals surface area contributed by atoms with Crippen LogP contribution in [0.15, 0.2) is 24.3 Å². The molecule has 0 aromatic heterocycles. The first-order valence-electron chi connectivity index (χ1n) is 6.28. The van der Waals surface area contributed by atoms with Gasteiger partial charge in [0.1, 0.15) is 0 Å². The molecular weight excluding hydrogens is 212 g/mol. The molecule has 2 rings (SSSR count). The van der Waals surface area contributed by atoms with Crippen molar-refractivity contribution in [2.24, 2.45) is 11.7 Å². The van der Waals surface area contributed by atoms with Gasteiger partial charge in [-0.25, -0.2) is 0 Å². The zero-order valence-corrected chi connectivity index (χ0v) is 10.7. The Bertz CT molecular complexity index is 361. The monoisotopic (exact) mass is 234 g/mol. The number of likely N-dealkylation sites (N-methyl/N-ethyl adjacent to an activating group) is 1. The van der Waals surface area contributed by atoms with Crippen LogP contribution in [0, 0.1) is 12.8 Å². The number of anilines is 1. The van der Waals surface area contributed by atoms with Crippen LogP contribution in [0.3, 0.4) is 0 Å². The molecule has 1 saturated heterocycles. The van der Waals surface area contributed by atoms with E-state index in [4.69, 9.17) is 10.5 Å². The van der Waals surface area contributed by atoms with Crippen molar-refractivity contribution in [1.82, 2.24) is 0 Å². The number of nitrogens with two attached hydrogens (primary N) is 1. The van der Waals surface area contributed by atoms with Gasteiger partial charge in [0.15, 0.2) is 0 Å². The van der Waals surface area contributed by atoms with Gasteiger partial charge in [0, 0.05) is 37.8 Å². The molecule has 1 aromatic carbocycles. The van der Waals surface area contributed by atoms with Gasteiger partial charge in [-0.2, -0.15) is 0 Å². The molecule has 0 aliphatic carbocycles. The number of aryl methyl sites for hydroxylation is 1. The Balaban J connectivity index is 1.93. The summed E-state index contributed by atoms with van der Waals surface area (Å²) in [5.74, 6) is 0.516. The lowest BCUT2D eigenvalue weighted by molar-refractivity contribution is 0.181. The topological polar surface area (TPSA) is 38.5 Å². The Morgan fingerprint density at radius 3 is 3.00 bits per heavy atom. The molecular formula is C14H22N2O. The van der Waals surface area contributed by atoms with E-state index >= 15 is 0 Å². The maximum absolute atomic E-state index is 6.23. The maximum atomic E-state index is 6.23. The number of rotatable bonds is 4. The van der Waals surface area contributed by atoms with Crippen molar-refractivity contribution in [3.05, 3.63) is 29.8 Å². The number of ether oxygens (including phenoxy) is 1. The van der Waals surface area contributed by atoms with Gasteiger partial charge >= 0.3 is 0 Å². The normalized spacial score (nSPS) is 21.5. The summed E-state index contributed by atoms with van der Waals surface area (Å²) in [6.07, 6.45) is 1.10. The predicted molar refractivity (Wildman–Crippen MR) is 71.4 cm³/mol. The van der Waals surface area contributed by atoms with E-state index in [0.717, 1.165) is 26.2 Å². The smallest absolute Gasteiger partial charge is 0.0510 e. The average Bonchev–Trinajstić information content (AvgIpc) is 2.82. The molecule has 2 unspecified atom stereocenters. The Morgan fingerprint density at radius 1 is 1.53 bits per heavy atom. The molecule has 1 aliphatic rings. The van der Waals surface area contributed by atoms with Crippen LogP contribution in [0.1, 0.15) is 12.0 Å². The van der Waals surface area contributed by atoms with Crippen LogP contribution in [0.5, 0.6) is 0 Å². The van der Waals surface area contributed by atoms with Gasteiger partial charge in [0.25, 0.3) is 0 Å². The van der Waals surface area contributed by atoms with E-state index in [1.54, 1.807) is 0 Å². The summed E-state index contributed by atoms with van der Waals surface area (Å²) in [7, 11) is 2.10.